The summed E-state index contributed by atoms with van der Waals surface area (Å²) in [6.07, 6.45) is 7.91. The van der Waals surface area contributed by atoms with Crippen LogP contribution in [-0.4, -0.2) is 49.9 Å². The molecule has 4 N–H and O–H groups in total. The maximum absolute atomic E-state index is 13.7. The normalized spacial score (nSPS) is 17.6. The smallest absolute Gasteiger partial charge is 0.258 e. The lowest BCUT2D eigenvalue weighted by Gasteiger charge is -2.22. The third-order valence-electron chi connectivity index (χ3n) is 7.63. The summed E-state index contributed by atoms with van der Waals surface area (Å²) in [6, 6.07) is 10.1. The van der Waals surface area contributed by atoms with Crippen molar-refractivity contribution in [3.05, 3.63) is 47.8 Å². The van der Waals surface area contributed by atoms with Crippen LogP contribution in [0, 0.1) is 12.8 Å². The van der Waals surface area contributed by atoms with E-state index < -0.39 is 0 Å². The predicted octanol–water partition coefficient (Wildman–Crippen LogP) is 4.67. The zero-order valence-corrected chi connectivity index (χ0v) is 22.6. The molecule has 10 nitrogen and oxygen atoms in total. The molecule has 1 aliphatic heterocycles. The minimum Gasteiger partial charge on any atom is -0.477 e. The van der Waals surface area contributed by atoms with Crippen LogP contribution in [0.1, 0.15) is 60.6 Å². The van der Waals surface area contributed by atoms with Crippen molar-refractivity contribution in [2.45, 2.75) is 51.5 Å². The average molecular weight is 529 g/mol. The van der Waals surface area contributed by atoms with Crippen molar-refractivity contribution >= 4 is 28.6 Å². The predicted molar refractivity (Wildman–Crippen MR) is 152 cm³/mol. The lowest BCUT2D eigenvalue weighted by Crippen LogP contribution is -2.20. The molecule has 1 aromatic carbocycles. The van der Waals surface area contributed by atoms with Gasteiger partial charge in [0.15, 0.2) is 0 Å². The maximum atomic E-state index is 13.7. The van der Waals surface area contributed by atoms with Crippen molar-refractivity contribution in [3.8, 4) is 17.1 Å². The highest BCUT2D eigenvalue weighted by molar-refractivity contribution is 6.05. The average Bonchev–Trinajstić information content (AvgIpc) is 3.61. The summed E-state index contributed by atoms with van der Waals surface area (Å²) in [5, 5.41) is 11.0. The fourth-order valence-corrected chi connectivity index (χ4v) is 5.54. The molecule has 10 heteroatoms. The molecule has 1 unspecified atom stereocenters. The van der Waals surface area contributed by atoms with E-state index in [0.29, 0.717) is 42.2 Å². The summed E-state index contributed by atoms with van der Waals surface area (Å²) in [4.78, 5) is 23.3. The van der Waals surface area contributed by atoms with Crippen molar-refractivity contribution in [3.63, 3.8) is 0 Å². The number of nitrogens with one attached hydrogen (secondary N) is 2. The first-order chi connectivity index (χ1) is 19.0. The Kier molecular flexibility index (Phi) is 6.95. The van der Waals surface area contributed by atoms with Crippen molar-refractivity contribution in [1.82, 2.24) is 24.3 Å². The summed E-state index contributed by atoms with van der Waals surface area (Å²) in [5.41, 5.74) is 11.3. The number of hydrogen-bond donors (Lipinski definition) is 3. The summed E-state index contributed by atoms with van der Waals surface area (Å²) in [7, 11) is 1.86. The maximum Gasteiger partial charge on any atom is 0.258 e. The van der Waals surface area contributed by atoms with Gasteiger partial charge in [-0.2, -0.15) is 5.10 Å². The van der Waals surface area contributed by atoms with Crippen molar-refractivity contribution in [2.24, 2.45) is 18.7 Å². The first-order valence-corrected chi connectivity index (χ1v) is 13.9. The van der Waals surface area contributed by atoms with Crippen LogP contribution in [0.5, 0.6) is 5.88 Å². The summed E-state index contributed by atoms with van der Waals surface area (Å²) < 4.78 is 10.2. The van der Waals surface area contributed by atoms with E-state index in [1.807, 2.05) is 14.0 Å². The number of hydrogen-bond acceptors (Lipinski definition) is 7. The second kappa shape index (κ2) is 10.7. The Balaban J connectivity index is 1.41. The number of imidazole rings is 1. The Labute approximate surface area is 228 Å². The largest absolute Gasteiger partial charge is 0.477 e. The lowest BCUT2D eigenvalue weighted by atomic mass is 10.1. The molecule has 6 rings (SSSR count). The van der Waals surface area contributed by atoms with E-state index >= 15 is 0 Å². The molecule has 1 atom stereocenters. The first-order valence-electron chi connectivity index (χ1n) is 13.9. The second-order valence-electron chi connectivity index (χ2n) is 10.7. The quantitative estimate of drug-likeness (QED) is 0.311. The van der Waals surface area contributed by atoms with Gasteiger partial charge in [0.25, 0.3) is 5.91 Å². The summed E-state index contributed by atoms with van der Waals surface area (Å²) in [6.45, 7) is 4.02. The van der Waals surface area contributed by atoms with E-state index in [9.17, 15) is 4.79 Å². The van der Waals surface area contributed by atoms with E-state index in [0.717, 1.165) is 60.2 Å². The molecule has 4 heterocycles. The number of amides is 1. The third-order valence-corrected chi connectivity index (χ3v) is 7.63. The number of unbranched alkanes of at least 4 members (excludes halogenated alkanes) is 1. The van der Waals surface area contributed by atoms with Gasteiger partial charge in [0.1, 0.15) is 0 Å². The number of carbonyl (C=O) groups is 1. The number of nitrogens with zero attached hydrogens (tertiary/aromatic N) is 5. The van der Waals surface area contributed by atoms with Crippen LogP contribution in [0.25, 0.3) is 22.3 Å². The molecule has 1 fully saturated rings. The zero-order chi connectivity index (χ0) is 26.9. The van der Waals surface area contributed by atoms with Gasteiger partial charge in [-0.3, -0.25) is 15.1 Å². The Hall–Kier alpha value is -3.92. The van der Waals surface area contributed by atoms with E-state index in [1.54, 1.807) is 23.0 Å². The monoisotopic (exact) mass is 528 g/mol. The van der Waals surface area contributed by atoms with Crippen LogP contribution in [0.15, 0.2) is 36.5 Å². The van der Waals surface area contributed by atoms with Crippen LogP contribution in [-0.2, 0) is 7.05 Å². The SMILES string of the molecule is Cc1cc2cc(n1)-c1cnn(C)c1OCCCC(C1CC1)n1c(nc3cc(NCCCCN)ccc31)NC2=O. The fraction of sp³-hybridized carbons (Fsp3) is 0.448. The standard InChI is InChI=1S/C29H36N8O2/c1-18-14-20-15-23(33-18)22-17-32-36(2)28(22)39-13-5-6-25(19-7-8-19)37-26-10-9-21(31-12-4-3-11-30)16-24(26)34-29(37)35-27(20)38/h9-10,14-17,19,25,31H,3-8,11-13,30H2,1-2H3,(H,34,35,38). The second-order valence-corrected chi connectivity index (χ2v) is 10.7. The molecular formula is C29H36N8O2. The van der Waals surface area contributed by atoms with Crippen LogP contribution in [0.3, 0.4) is 0 Å². The van der Waals surface area contributed by atoms with Crippen molar-refractivity contribution in [2.75, 3.05) is 30.3 Å². The van der Waals surface area contributed by atoms with E-state index in [2.05, 4.69) is 43.5 Å². The Morgan fingerprint density at radius 3 is 2.85 bits per heavy atom. The van der Waals surface area contributed by atoms with E-state index in [4.69, 9.17) is 15.5 Å². The molecule has 0 spiro atoms. The zero-order valence-electron chi connectivity index (χ0n) is 22.6. The fourth-order valence-electron chi connectivity index (χ4n) is 5.54. The molecule has 1 amide bonds. The highest BCUT2D eigenvalue weighted by atomic mass is 16.5. The number of carbonyl (C=O) groups excluding carboxylic acids is 1. The first kappa shape index (κ1) is 25.4. The Morgan fingerprint density at radius 2 is 2.03 bits per heavy atom. The van der Waals surface area contributed by atoms with Gasteiger partial charge in [-0.05, 0) is 88.2 Å². The molecule has 204 valence electrons. The van der Waals surface area contributed by atoms with Gasteiger partial charge >= 0.3 is 0 Å². The van der Waals surface area contributed by atoms with Crippen LogP contribution < -0.4 is 21.1 Å². The van der Waals surface area contributed by atoms with Crippen LogP contribution in [0.2, 0.25) is 0 Å². The molecule has 1 aliphatic carbocycles. The minimum atomic E-state index is -0.212. The molecular weight excluding hydrogens is 492 g/mol. The van der Waals surface area contributed by atoms with Crippen LogP contribution in [0.4, 0.5) is 11.6 Å². The van der Waals surface area contributed by atoms with Crippen LogP contribution >= 0.6 is 0 Å². The molecule has 4 aromatic rings. The Morgan fingerprint density at radius 1 is 1.15 bits per heavy atom. The topological polar surface area (TPSA) is 125 Å². The highest BCUT2D eigenvalue weighted by Crippen LogP contribution is 2.45. The molecule has 3 aromatic heterocycles. The van der Waals surface area contributed by atoms with Gasteiger partial charge in [-0.1, -0.05) is 0 Å². The Bertz CT molecular complexity index is 1500. The molecule has 0 radical (unpaired) electrons. The number of aromatic nitrogens is 5. The lowest BCUT2D eigenvalue weighted by molar-refractivity contribution is 0.102. The van der Waals surface area contributed by atoms with E-state index in [1.165, 1.54) is 12.8 Å². The third kappa shape index (κ3) is 5.21. The summed E-state index contributed by atoms with van der Waals surface area (Å²) >= 11 is 0. The molecule has 0 saturated heterocycles. The number of fused-ring (bicyclic) bond motifs is 7. The number of benzene rings is 1. The number of rotatable bonds is 6. The van der Waals surface area contributed by atoms with Crippen molar-refractivity contribution in [1.29, 1.82) is 0 Å². The molecule has 39 heavy (non-hydrogen) atoms. The summed E-state index contributed by atoms with van der Waals surface area (Å²) in [5.74, 6) is 1.60. The molecule has 1 saturated carbocycles. The minimum absolute atomic E-state index is 0.212. The number of nitrogens with two attached hydrogens (primary N) is 1. The number of aryl methyl sites for hydroxylation is 2. The van der Waals surface area contributed by atoms with Gasteiger partial charge in [0, 0.05) is 36.6 Å². The molecule has 2 aliphatic rings. The van der Waals surface area contributed by atoms with Gasteiger partial charge in [-0.25, -0.2) is 9.67 Å². The van der Waals surface area contributed by atoms with Crippen molar-refractivity contribution < 1.29 is 9.53 Å². The molecule has 2 bridgehead atoms. The van der Waals surface area contributed by atoms with Gasteiger partial charge < -0.3 is 20.4 Å². The number of pyridine rings is 1. The van der Waals surface area contributed by atoms with Gasteiger partial charge in [0.2, 0.25) is 11.8 Å². The highest BCUT2D eigenvalue weighted by Gasteiger charge is 2.35. The number of anilines is 2. The number of ether oxygens (including phenoxy) is 1. The van der Waals surface area contributed by atoms with Gasteiger partial charge in [0.05, 0.1) is 35.1 Å². The van der Waals surface area contributed by atoms with E-state index in [-0.39, 0.29) is 11.9 Å². The van der Waals surface area contributed by atoms with Gasteiger partial charge in [-0.15, -0.1) is 0 Å².